The minimum Gasteiger partial charge on any atom is -0.309 e. The van der Waals surface area contributed by atoms with Gasteiger partial charge in [-0.3, -0.25) is 0 Å². The highest BCUT2D eigenvalue weighted by molar-refractivity contribution is 6.16. The summed E-state index contributed by atoms with van der Waals surface area (Å²) in [7, 11) is 0. The molecule has 8 aromatic rings. The van der Waals surface area contributed by atoms with Crippen molar-refractivity contribution in [2.24, 2.45) is 0 Å². The molecule has 0 atom stereocenters. The normalized spacial score (nSPS) is 11.5. The van der Waals surface area contributed by atoms with Gasteiger partial charge in [-0.1, -0.05) is 78.9 Å². The Bertz CT molecular complexity index is 2220. The van der Waals surface area contributed by atoms with E-state index in [-0.39, 0.29) is 0 Å². The maximum absolute atomic E-state index is 9.31. The van der Waals surface area contributed by atoms with Gasteiger partial charge in [0.1, 0.15) is 0 Å². The lowest BCUT2D eigenvalue weighted by Crippen LogP contribution is -1.95. The van der Waals surface area contributed by atoms with Gasteiger partial charge in [0, 0.05) is 32.9 Å². The second-order valence-electron chi connectivity index (χ2n) is 10.1. The van der Waals surface area contributed by atoms with Crippen molar-refractivity contribution in [1.29, 1.82) is 5.26 Å². The zero-order chi connectivity index (χ0) is 26.6. The van der Waals surface area contributed by atoms with Gasteiger partial charge in [0.2, 0.25) is 0 Å². The number of fused-ring (bicyclic) bond motifs is 6. The van der Waals surface area contributed by atoms with Gasteiger partial charge in [0.25, 0.3) is 0 Å². The molecule has 0 radical (unpaired) electrons. The van der Waals surface area contributed by atoms with E-state index in [1.165, 1.54) is 43.7 Å². The van der Waals surface area contributed by atoms with Gasteiger partial charge >= 0.3 is 0 Å². The molecule has 0 N–H and O–H groups in total. The van der Waals surface area contributed by atoms with Crippen LogP contribution in [0, 0.1) is 11.3 Å². The number of aromatic nitrogens is 2. The van der Waals surface area contributed by atoms with Crippen LogP contribution in [0.1, 0.15) is 5.56 Å². The summed E-state index contributed by atoms with van der Waals surface area (Å²) >= 11 is 0. The molecule has 8 rings (SSSR count). The number of nitrogens with zero attached hydrogens (tertiary/aromatic N) is 3. The number of nitriles is 1. The molecule has 0 aliphatic heterocycles. The molecule has 0 aliphatic carbocycles. The third-order valence-electron chi connectivity index (χ3n) is 7.95. The summed E-state index contributed by atoms with van der Waals surface area (Å²) in [6, 6.07) is 51.3. The molecule has 0 saturated heterocycles. The van der Waals surface area contributed by atoms with Crippen LogP contribution in [0.4, 0.5) is 0 Å². The Morgan fingerprint density at radius 2 is 1.00 bits per heavy atom. The molecule has 0 saturated carbocycles. The standard InChI is InChI=1S/C37H23N3/c38-24-25-19-21-27(22-20-25)39-35-17-6-3-13-32(35)37-29(14-8-18-36(37)39)26-9-7-10-28(23-26)40-33-15-4-1-11-30(33)31-12-2-5-16-34(31)40/h1-23H. The van der Waals surface area contributed by atoms with Crippen molar-refractivity contribution in [3.8, 4) is 28.6 Å². The number of rotatable bonds is 3. The third-order valence-corrected chi connectivity index (χ3v) is 7.95. The molecule has 2 aromatic heterocycles. The molecule has 0 fully saturated rings. The Kier molecular flexibility index (Phi) is 4.89. The van der Waals surface area contributed by atoms with Crippen LogP contribution in [0.3, 0.4) is 0 Å². The van der Waals surface area contributed by atoms with E-state index in [2.05, 4.69) is 130 Å². The first-order valence-corrected chi connectivity index (χ1v) is 13.4. The average Bonchev–Trinajstić information content (AvgIpc) is 3.54. The van der Waals surface area contributed by atoms with Crippen molar-refractivity contribution in [1.82, 2.24) is 9.13 Å². The van der Waals surface area contributed by atoms with E-state index in [1.54, 1.807) is 0 Å². The van der Waals surface area contributed by atoms with E-state index < -0.39 is 0 Å². The highest BCUT2D eigenvalue weighted by Gasteiger charge is 2.17. The largest absolute Gasteiger partial charge is 0.309 e. The summed E-state index contributed by atoms with van der Waals surface area (Å²) in [5.41, 5.74) is 9.92. The van der Waals surface area contributed by atoms with Gasteiger partial charge in [0.15, 0.2) is 0 Å². The number of hydrogen-bond donors (Lipinski definition) is 0. The van der Waals surface area contributed by atoms with Crippen LogP contribution >= 0.6 is 0 Å². The molecular weight excluding hydrogens is 486 g/mol. The van der Waals surface area contributed by atoms with Crippen molar-refractivity contribution in [2.75, 3.05) is 0 Å². The SMILES string of the molecule is N#Cc1ccc(-n2c3ccccc3c3c(-c4cccc(-n5c6ccccc6c6ccccc65)c4)cccc32)cc1. The van der Waals surface area contributed by atoms with Gasteiger partial charge in [-0.25, -0.2) is 0 Å². The van der Waals surface area contributed by atoms with Crippen LogP contribution < -0.4 is 0 Å². The summed E-state index contributed by atoms with van der Waals surface area (Å²) < 4.78 is 4.67. The molecule has 3 nitrogen and oxygen atoms in total. The van der Waals surface area contributed by atoms with Crippen LogP contribution in [0.25, 0.3) is 66.1 Å². The fourth-order valence-electron chi connectivity index (χ4n) is 6.24. The van der Waals surface area contributed by atoms with Gasteiger partial charge in [0.05, 0.1) is 33.7 Å². The number of para-hydroxylation sites is 3. The van der Waals surface area contributed by atoms with E-state index in [1.807, 2.05) is 24.3 Å². The maximum Gasteiger partial charge on any atom is 0.0991 e. The Morgan fingerprint density at radius 3 is 1.68 bits per heavy atom. The minimum atomic E-state index is 0.659. The quantitative estimate of drug-likeness (QED) is 0.233. The predicted octanol–water partition coefficient (Wildman–Crippen LogP) is 9.42. The fraction of sp³-hybridized carbons (Fsp3) is 0. The topological polar surface area (TPSA) is 33.6 Å². The first-order valence-electron chi connectivity index (χ1n) is 13.4. The molecule has 0 bridgehead atoms. The predicted molar refractivity (Wildman–Crippen MR) is 165 cm³/mol. The van der Waals surface area contributed by atoms with Crippen LogP contribution in [-0.2, 0) is 0 Å². The molecule has 3 heteroatoms. The van der Waals surface area contributed by atoms with Crippen LogP contribution in [0.15, 0.2) is 140 Å². The Morgan fingerprint density at radius 1 is 0.450 bits per heavy atom. The lowest BCUT2D eigenvalue weighted by atomic mass is 9.99. The molecule has 0 amide bonds. The molecule has 2 heterocycles. The Hall–Kier alpha value is -5.59. The zero-order valence-corrected chi connectivity index (χ0v) is 21.6. The Balaban J connectivity index is 1.39. The van der Waals surface area contributed by atoms with E-state index >= 15 is 0 Å². The fourth-order valence-corrected chi connectivity index (χ4v) is 6.24. The second kappa shape index (κ2) is 8.73. The van der Waals surface area contributed by atoms with E-state index in [4.69, 9.17) is 0 Å². The van der Waals surface area contributed by atoms with Gasteiger partial charge in [-0.15, -0.1) is 0 Å². The lowest BCUT2D eigenvalue weighted by molar-refractivity contribution is 1.18. The first kappa shape index (κ1) is 22.4. The van der Waals surface area contributed by atoms with E-state index in [9.17, 15) is 5.26 Å². The van der Waals surface area contributed by atoms with E-state index in [0.29, 0.717) is 5.56 Å². The molecule has 0 spiro atoms. The molecule has 186 valence electrons. The first-order chi connectivity index (χ1) is 19.8. The highest BCUT2D eigenvalue weighted by Crippen LogP contribution is 2.39. The van der Waals surface area contributed by atoms with Crippen LogP contribution in [0.2, 0.25) is 0 Å². The molecule has 0 unspecified atom stereocenters. The zero-order valence-electron chi connectivity index (χ0n) is 21.6. The summed E-state index contributed by atoms with van der Waals surface area (Å²) in [4.78, 5) is 0. The van der Waals surface area contributed by atoms with Crippen LogP contribution in [-0.4, -0.2) is 9.13 Å². The molecule has 40 heavy (non-hydrogen) atoms. The Labute approximate surface area is 231 Å². The smallest absolute Gasteiger partial charge is 0.0991 e. The molecule has 6 aromatic carbocycles. The van der Waals surface area contributed by atoms with Crippen LogP contribution in [0.5, 0.6) is 0 Å². The minimum absolute atomic E-state index is 0.659. The van der Waals surface area contributed by atoms with Crippen molar-refractivity contribution < 1.29 is 0 Å². The summed E-state index contributed by atoms with van der Waals surface area (Å²) in [6.45, 7) is 0. The summed E-state index contributed by atoms with van der Waals surface area (Å²) in [5, 5.41) is 14.3. The molecule has 0 aliphatic rings. The van der Waals surface area contributed by atoms with Crippen molar-refractivity contribution in [2.45, 2.75) is 0 Å². The van der Waals surface area contributed by atoms with Crippen molar-refractivity contribution in [3.05, 3.63) is 145 Å². The van der Waals surface area contributed by atoms with Gasteiger partial charge in [-0.2, -0.15) is 5.26 Å². The summed E-state index contributed by atoms with van der Waals surface area (Å²) in [5.74, 6) is 0. The van der Waals surface area contributed by atoms with Gasteiger partial charge in [-0.05, 0) is 71.8 Å². The maximum atomic E-state index is 9.31. The monoisotopic (exact) mass is 509 g/mol. The third kappa shape index (κ3) is 3.24. The highest BCUT2D eigenvalue weighted by atomic mass is 15.0. The number of hydrogen-bond acceptors (Lipinski definition) is 1. The molecular formula is C37H23N3. The summed E-state index contributed by atoms with van der Waals surface area (Å²) in [6.07, 6.45) is 0. The van der Waals surface area contributed by atoms with Crippen molar-refractivity contribution >= 4 is 43.6 Å². The second-order valence-corrected chi connectivity index (χ2v) is 10.1. The van der Waals surface area contributed by atoms with E-state index in [0.717, 1.165) is 22.4 Å². The van der Waals surface area contributed by atoms with Crippen molar-refractivity contribution in [3.63, 3.8) is 0 Å². The lowest BCUT2D eigenvalue weighted by Gasteiger charge is -2.12. The number of benzene rings is 6. The van der Waals surface area contributed by atoms with Gasteiger partial charge < -0.3 is 9.13 Å². The average molecular weight is 510 g/mol.